The smallest absolute Gasteiger partial charge is 0.250 e. The molecule has 0 aliphatic carbocycles. The van der Waals surface area contributed by atoms with E-state index < -0.39 is 5.72 Å². The summed E-state index contributed by atoms with van der Waals surface area (Å²) in [7, 11) is 0. The van der Waals surface area contributed by atoms with Gasteiger partial charge in [-0.05, 0) is 31.7 Å². The van der Waals surface area contributed by atoms with Crippen LogP contribution in [-0.4, -0.2) is 33.4 Å². The van der Waals surface area contributed by atoms with Gasteiger partial charge in [0.15, 0.2) is 0 Å². The Balaban J connectivity index is 1.80. The van der Waals surface area contributed by atoms with E-state index in [4.69, 9.17) is 0 Å². The Bertz CT molecular complexity index is 568. The lowest BCUT2D eigenvalue weighted by molar-refractivity contribution is -0.202. The predicted molar refractivity (Wildman–Crippen MR) is 71.9 cm³/mol. The minimum Gasteiger partial charge on any atom is -0.375 e. The van der Waals surface area contributed by atoms with Crippen molar-refractivity contribution in [1.82, 2.24) is 9.47 Å². The van der Waals surface area contributed by atoms with E-state index in [1.165, 1.54) is 6.42 Å². The average molecular weight is 260 g/mol. The lowest BCUT2D eigenvalue weighted by Crippen LogP contribution is -2.63. The maximum atomic E-state index is 12.0. The molecule has 4 rings (SSSR count). The number of hydrogen-bond acceptors (Lipinski definition) is 3. The van der Waals surface area contributed by atoms with Gasteiger partial charge in [0.05, 0.1) is 0 Å². The summed E-state index contributed by atoms with van der Waals surface area (Å²) in [6.45, 7) is 2.58. The highest BCUT2D eigenvalue weighted by Gasteiger charge is 2.51. The molecule has 1 aromatic rings. The SMILES string of the molecule is O=c1cccc2n1CC1CC2CN2CCCCC12O. The Morgan fingerprint density at radius 3 is 3.05 bits per heavy atom. The lowest BCUT2D eigenvalue weighted by atomic mass is 9.73. The first kappa shape index (κ1) is 11.7. The maximum Gasteiger partial charge on any atom is 0.250 e. The number of rotatable bonds is 0. The summed E-state index contributed by atoms with van der Waals surface area (Å²) in [5.74, 6) is 0.616. The van der Waals surface area contributed by atoms with Crippen molar-refractivity contribution >= 4 is 0 Å². The minimum absolute atomic E-state index is 0.0834. The van der Waals surface area contributed by atoms with Crippen LogP contribution in [0.5, 0.6) is 0 Å². The van der Waals surface area contributed by atoms with E-state index in [0.717, 1.165) is 38.0 Å². The first-order chi connectivity index (χ1) is 9.18. The lowest BCUT2D eigenvalue weighted by Gasteiger charge is -2.55. The zero-order chi connectivity index (χ0) is 13.0. The van der Waals surface area contributed by atoms with E-state index in [9.17, 15) is 9.90 Å². The number of pyridine rings is 1. The van der Waals surface area contributed by atoms with Crippen LogP contribution in [0.4, 0.5) is 0 Å². The maximum absolute atomic E-state index is 12.0. The van der Waals surface area contributed by atoms with Crippen LogP contribution in [0.3, 0.4) is 0 Å². The first-order valence-electron chi connectivity index (χ1n) is 7.36. The van der Waals surface area contributed by atoms with Crippen LogP contribution in [0, 0.1) is 5.92 Å². The van der Waals surface area contributed by atoms with Gasteiger partial charge >= 0.3 is 0 Å². The van der Waals surface area contributed by atoms with E-state index in [2.05, 4.69) is 11.0 Å². The van der Waals surface area contributed by atoms with Crippen molar-refractivity contribution < 1.29 is 5.11 Å². The molecule has 1 aromatic heterocycles. The Labute approximate surface area is 112 Å². The van der Waals surface area contributed by atoms with Crippen LogP contribution in [0.1, 0.15) is 37.3 Å². The van der Waals surface area contributed by atoms with E-state index in [1.807, 2.05) is 10.6 Å². The molecule has 4 heterocycles. The van der Waals surface area contributed by atoms with E-state index in [-0.39, 0.29) is 11.5 Å². The van der Waals surface area contributed by atoms with Crippen LogP contribution in [-0.2, 0) is 6.54 Å². The number of piperidine rings is 2. The zero-order valence-electron chi connectivity index (χ0n) is 11.1. The summed E-state index contributed by atoms with van der Waals surface area (Å²) in [5.41, 5.74) is 0.582. The Kier molecular flexibility index (Phi) is 2.42. The molecule has 4 heteroatoms. The molecule has 0 radical (unpaired) electrons. The fraction of sp³-hybridized carbons (Fsp3) is 0.667. The number of fused-ring (bicyclic) bond motifs is 6. The second-order valence-electron chi connectivity index (χ2n) is 6.31. The third-order valence-electron chi connectivity index (χ3n) is 5.34. The Morgan fingerprint density at radius 1 is 1.26 bits per heavy atom. The zero-order valence-corrected chi connectivity index (χ0v) is 11.1. The molecule has 4 nitrogen and oxygen atoms in total. The summed E-state index contributed by atoms with van der Waals surface area (Å²) < 4.78 is 1.89. The second kappa shape index (κ2) is 3.93. The summed E-state index contributed by atoms with van der Waals surface area (Å²) in [6, 6.07) is 5.58. The molecule has 1 N–H and O–H groups in total. The summed E-state index contributed by atoms with van der Waals surface area (Å²) >= 11 is 0. The molecular formula is C15H20N2O2. The highest BCUT2D eigenvalue weighted by molar-refractivity contribution is 5.19. The molecule has 0 aromatic carbocycles. The van der Waals surface area contributed by atoms with Gasteiger partial charge < -0.3 is 9.67 Å². The highest BCUT2D eigenvalue weighted by Crippen LogP contribution is 2.46. The molecule has 3 aliphatic rings. The molecule has 0 amide bonds. The van der Waals surface area contributed by atoms with Crippen LogP contribution in [0.2, 0.25) is 0 Å². The number of hydrogen-bond donors (Lipinski definition) is 1. The van der Waals surface area contributed by atoms with Gasteiger partial charge in [0.2, 0.25) is 0 Å². The first-order valence-corrected chi connectivity index (χ1v) is 7.36. The molecule has 19 heavy (non-hydrogen) atoms. The quantitative estimate of drug-likeness (QED) is 0.761. The molecule has 0 saturated carbocycles. The van der Waals surface area contributed by atoms with Crippen LogP contribution < -0.4 is 5.56 Å². The average Bonchev–Trinajstić information content (AvgIpc) is 2.41. The van der Waals surface area contributed by atoms with E-state index in [0.29, 0.717) is 12.5 Å². The molecule has 2 saturated heterocycles. The molecule has 3 atom stereocenters. The fourth-order valence-electron chi connectivity index (χ4n) is 4.37. The van der Waals surface area contributed by atoms with Crippen molar-refractivity contribution in [3.05, 3.63) is 34.2 Å². The number of nitrogens with zero attached hydrogens (tertiary/aromatic N) is 2. The Hall–Kier alpha value is -1.13. The van der Waals surface area contributed by atoms with Crippen molar-refractivity contribution in [2.75, 3.05) is 13.1 Å². The minimum atomic E-state index is -0.665. The molecule has 0 spiro atoms. The topological polar surface area (TPSA) is 45.5 Å². The molecule has 3 aliphatic heterocycles. The van der Waals surface area contributed by atoms with Crippen LogP contribution in [0.15, 0.2) is 23.0 Å². The predicted octanol–water partition coefficient (Wildman–Crippen LogP) is 1.14. The van der Waals surface area contributed by atoms with Gasteiger partial charge in [0.1, 0.15) is 5.72 Å². The molecule has 3 unspecified atom stereocenters. The monoisotopic (exact) mass is 260 g/mol. The highest BCUT2D eigenvalue weighted by atomic mass is 16.3. The van der Waals surface area contributed by atoms with E-state index in [1.54, 1.807) is 6.07 Å². The number of aromatic nitrogens is 1. The van der Waals surface area contributed by atoms with Crippen molar-refractivity contribution in [3.63, 3.8) is 0 Å². The van der Waals surface area contributed by atoms with Gasteiger partial charge in [-0.3, -0.25) is 9.69 Å². The van der Waals surface area contributed by atoms with Gasteiger partial charge in [0.25, 0.3) is 5.56 Å². The summed E-state index contributed by atoms with van der Waals surface area (Å²) in [6.07, 6.45) is 4.17. The molecule has 2 bridgehead atoms. The van der Waals surface area contributed by atoms with Crippen molar-refractivity contribution in [2.45, 2.75) is 43.9 Å². The van der Waals surface area contributed by atoms with Crippen LogP contribution in [0.25, 0.3) is 0 Å². The Morgan fingerprint density at radius 2 is 2.16 bits per heavy atom. The molecule has 102 valence electrons. The number of aliphatic hydroxyl groups is 1. The van der Waals surface area contributed by atoms with Crippen molar-refractivity contribution in [1.29, 1.82) is 0 Å². The van der Waals surface area contributed by atoms with E-state index >= 15 is 0 Å². The van der Waals surface area contributed by atoms with Gasteiger partial charge in [-0.1, -0.05) is 6.07 Å². The summed E-state index contributed by atoms with van der Waals surface area (Å²) in [5, 5.41) is 11.0. The third kappa shape index (κ3) is 1.56. The van der Waals surface area contributed by atoms with Crippen molar-refractivity contribution in [3.8, 4) is 0 Å². The normalized spacial score (nSPS) is 37.5. The summed E-state index contributed by atoms with van der Waals surface area (Å²) in [4.78, 5) is 14.3. The van der Waals surface area contributed by atoms with Gasteiger partial charge in [0, 0.05) is 43.2 Å². The van der Waals surface area contributed by atoms with Gasteiger partial charge in [-0.25, -0.2) is 0 Å². The van der Waals surface area contributed by atoms with Gasteiger partial charge in [-0.15, -0.1) is 0 Å². The third-order valence-corrected chi connectivity index (χ3v) is 5.34. The van der Waals surface area contributed by atoms with Gasteiger partial charge in [-0.2, -0.15) is 0 Å². The standard InChI is InChI=1S/C15H20N2O2/c18-14-5-3-4-13-11-8-12(10-17(13)14)15(19)6-1-2-7-16(15)9-11/h3-5,11-12,19H,1-2,6-10H2. The second-order valence-corrected chi connectivity index (χ2v) is 6.31. The molecule has 2 fully saturated rings. The molecular weight excluding hydrogens is 240 g/mol. The van der Waals surface area contributed by atoms with Crippen molar-refractivity contribution in [2.24, 2.45) is 5.92 Å². The fourth-order valence-corrected chi connectivity index (χ4v) is 4.37. The van der Waals surface area contributed by atoms with Crippen LogP contribution >= 0.6 is 0 Å². The largest absolute Gasteiger partial charge is 0.375 e.